The number of aliphatic carboxylic acids is 1. The molecule has 0 aliphatic rings. The van der Waals surface area contributed by atoms with Gasteiger partial charge in [0.25, 0.3) is 0 Å². The third-order valence-electron chi connectivity index (χ3n) is 1.39. The minimum Gasteiger partial charge on any atom is -0.480 e. The lowest BCUT2D eigenvalue weighted by atomic mass is 10.2. The van der Waals surface area contributed by atoms with Gasteiger partial charge in [-0.3, -0.25) is 4.79 Å². The summed E-state index contributed by atoms with van der Waals surface area (Å²) in [5.41, 5.74) is 5.18. The molecule has 74 valence electrons. The number of amides is 1. The highest BCUT2D eigenvalue weighted by molar-refractivity contribution is 5.90. The molecule has 0 aromatic rings. The molecule has 0 rings (SSSR count). The Kier molecular flexibility index (Phi) is 5.54. The summed E-state index contributed by atoms with van der Waals surface area (Å²) >= 11 is 0. The van der Waals surface area contributed by atoms with Gasteiger partial charge in [-0.1, -0.05) is 6.08 Å². The van der Waals surface area contributed by atoms with Crippen molar-refractivity contribution in [1.82, 2.24) is 5.32 Å². The van der Waals surface area contributed by atoms with Crippen LogP contribution in [-0.2, 0) is 9.59 Å². The van der Waals surface area contributed by atoms with Gasteiger partial charge >= 0.3 is 5.97 Å². The fourth-order valence-electron chi connectivity index (χ4n) is 0.795. The summed E-state index contributed by atoms with van der Waals surface area (Å²) in [4.78, 5) is 21.5. The van der Waals surface area contributed by atoms with Crippen molar-refractivity contribution in [3.63, 3.8) is 0 Å². The number of nitrogens with two attached hydrogens (primary N) is 1. The van der Waals surface area contributed by atoms with Crippen LogP contribution in [0.4, 0.5) is 0 Å². The van der Waals surface area contributed by atoms with Crippen LogP contribution in [0, 0.1) is 0 Å². The Labute approximate surface area is 76.6 Å². The van der Waals surface area contributed by atoms with Crippen LogP contribution in [0.2, 0.25) is 0 Å². The molecule has 5 heteroatoms. The van der Waals surface area contributed by atoms with Gasteiger partial charge < -0.3 is 16.2 Å². The summed E-state index contributed by atoms with van der Waals surface area (Å²) in [6.07, 6.45) is 3.04. The maximum atomic E-state index is 10.9. The number of nitrogens with one attached hydrogen (secondary N) is 1. The molecule has 0 saturated heterocycles. The number of carbonyl (C=O) groups is 2. The molecule has 0 heterocycles. The summed E-state index contributed by atoms with van der Waals surface area (Å²) in [6.45, 7) is 1.91. The van der Waals surface area contributed by atoms with Crippen LogP contribution in [0.1, 0.15) is 13.3 Å². The number of carbonyl (C=O) groups excluding carboxylic acids is 1. The molecule has 0 radical (unpaired) electrons. The molecule has 1 unspecified atom stereocenters. The van der Waals surface area contributed by atoms with E-state index in [2.05, 4.69) is 5.32 Å². The van der Waals surface area contributed by atoms with E-state index in [-0.39, 0.29) is 13.0 Å². The molecule has 13 heavy (non-hydrogen) atoms. The van der Waals surface area contributed by atoms with E-state index < -0.39 is 17.9 Å². The van der Waals surface area contributed by atoms with E-state index in [1.807, 2.05) is 0 Å². The predicted octanol–water partition coefficient (Wildman–Crippen LogP) is -0.519. The lowest BCUT2D eigenvalue weighted by molar-refractivity contribution is -0.141. The maximum Gasteiger partial charge on any atom is 0.326 e. The number of carboxylic acid groups (broad SMARTS) is 1. The highest BCUT2D eigenvalue weighted by atomic mass is 16.4. The zero-order valence-corrected chi connectivity index (χ0v) is 7.49. The smallest absolute Gasteiger partial charge is 0.326 e. The van der Waals surface area contributed by atoms with Crippen molar-refractivity contribution >= 4 is 11.9 Å². The van der Waals surface area contributed by atoms with E-state index in [1.165, 1.54) is 12.2 Å². The molecule has 1 amide bonds. The highest BCUT2D eigenvalue weighted by Gasteiger charge is 2.17. The summed E-state index contributed by atoms with van der Waals surface area (Å²) in [5, 5.41) is 10.9. The van der Waals surface area contributed by atoms with Crippen molar-refractivity contribution in [3.8, 4) is 0 Å². The molecule has 0 bridgehead atoms. The standard InChI is InChI=1S/C8H14N2O3/c1-2-3-7(11)10-6(4-5-9)8(12)13/h2-3,6H,4-5,9H2,1H3,(H,10,11)(H,12,13)/b3-2+. The van der Waals surface area contributed by atoms with E-state index in [4.69, 9.17) is 10.8 Å². The fraction of sp³-hybridized carbons (Fsp3) is 0.500. The van der Waals surface area contributed by atoms with Crippen LogP contribution < -0.4 is 11.1 Å². The quantitative estimate of drug-likeness (QED) is 0.504. The molecule has 0 aromatic carbocycles. The number of hydrogen-bond donors (Lipinski definition) is 3. The molecule has 0 saturated carbocycles. The maximum absolute atomic E-state index is 10.9. The van der Waals surface area contributed by atoms with Gasteiger partial charge in [0.05, 0.1) is 0 Å². The Morgan fingerprint density at radius 2 is 2.23 bits per heavy atom. The first-order valence-corrected chi connectivity index (χ1v) is 3.98. The Morgan fingerprint density at radius 3 is 2.62 bits per heavy atom. The lowest BCUT2D eigenvalue weighted by Crippen LogP contribution is -2.41. The SMILES string of the molecule is C/C=C/C(=O)NC(CCN)C(=O)O. The molecule has 0 spiro atoms. The molecule has 0 aliphatic heterocycles. The number of rotatable bonds is 5. The van der Waals surface area contributed by atoms with E-state index in [1.54, 1.807) is 6.92 Å². The van der Waals surface area contributed by atoms with Crippen molar-refractivity contribution in [2.45, 2.75) is 19.4 Å². The summed E-state index contributed by atoms with van der Waals surface area (Å²) < 4.78 is 0. The van der Waals surface area contributed by atoms with Crippen molar-refractivity contribution in [3.05, 3.63) is 12.2 Å². The Morgan fingerprint density at radius 1 is 1.62 bits per heavy atom. The third-order valence-corrected chi connectivity index (χ3v) is 1.39. The topological polar surface area (TPSA) is 92.4 Å². The molecular formula is C8H14N2O3. The van der Waals surface area contributed by atoms with Crippen LogP contribution in [0.5, 0.6) is 0 Å². The molecule has 1 atom stereocenters. The monoisotopic (exact) mass is 186 g/mol. The van der Waals surface area contributed by atoms with Gasteiger partial charge in [0.15, 0.2) is 0 Å². The first-order chi connectivity index (χ1) is 6.11. The second-order valence-electron chi connectivity index (χ2n) is 2.48. The van der Waals surface area contributed by atoms with Crippen molar-refractivity contribution in [2.24, 2.45) is 5.73 Å². The molecule has 0 aromatic heterocycles. The van der Waals surface area contributed by atoms with Crippen LogP contribution in [0.25, 0.3) is 0 Å². The third kappa shape index (κ3) is 4.97. The minimum absolute atomic E-state index is 0.229. The molecule has 0 aliphatic carbocycles. The van der Waals surface area contributed by atoms with Gasteiger partial charge in [0, 0.05) is 0 Å². The Balaban J connectivity index is 4.09. The number of allylic oxidation sites excluding steroid dienone is 1. The zero-order valence-electron chi connectivity index (χ0n) is 7.49. The molecular weight excluding hydrogens is 172 g/mol. The van der Waals surface area contributed by atoms with Crippen LogP contribution in [0.3, 0.4) is 0 Å². The zero-order chi connectivity index (χ0) is 10.3. The van der Waals surface area contributed by atoms with Gasteiger partial charge in [-0.05, 0) is 26.0 Å². The number of carboxylic acids is 1. The van der Waals surface area contributed by atoms with Crippen molar-refractivity contribution in [1.29, 1.82) is 0 Å². The average molecular weight is 186 g/mol. The molecule has 0 fully saturated rings. The second-order valence-corrected chi connectivity index (χ2v) is 2.48. The van der Waals surface area contributed by atoms with Gasteiger partial charge in [-0.25, -0.2) is 4.79 Å². The van der Waals surface area contributed by atoms with Gasteiger partial charge in [-0.2, -0.15) is 0 Å². The van der Waals surface area contributed by atoms with Crippen LogP contribution >= 0.6 is 0 Å². The summed E-state index contributed by atoms with van der Waals surface area (Å²) in [5.74, 6) is -1.48. The summed E-state index contributed by atoms with van der Waals surface area (Å²) in [6, 6.07) is -0.895. The fourth-order valence-corrected chi connectivity index (χ4v) is 0.795. The largest absolute Gasteiger partial charge is 0.480 e. The van der Waals surface area contributed by atoms with Crippen molar-refractivity contribution in [2.75, 3.05) is 6.54 Å². The molecule has 5 nitrogen and oxygen atoms in total. The second kappa shape index (κ2) is 6.19. The first-order valence-electron chi connectivity index (χ1n) is 3.98. The van der Waals surface area contributed by atoms with E-state index in [0.717, 1.165) is 0 Å². The summed E-state index contributed by atoms with van der Waals surface area (Å²) in [7, 11) is 0. The Bertz CT molecular complexity index is 213. The van der Waals surface area contributed by atoms with E-state index in [0.29, 0.717) is 0 Å². The van der Waals surface area contributed by atoms with Gasteiger partial charge in [-0.15, -0.1) is 0 Å². The Hall–Kier alpha value is -1.36. The van der Waals surface area contributed by atoms with Crippen molar-refractivity contribution < 1.29 is 14.7 Å². The van der Waals surface area contributed by atoms with E-state index >= 15 is 0 Å². The minimum atomic E-state index is -1.07. The normalized spacial score (nSPS) is 12.8. The lowest BCUT2D eigenvalue weighted by Gasteiger charge is -2.11. The van der Waals surface area contributed by atoms with Gasteiger partial charge in [0.2, 0.25) is 5.91 Å². The average Bonchev–Trinajstić information content (AvgIpc) is 2.04. The first kappa shape index (κ1) is 11.6. The molecule has 4 N–H and O–H groups in total. The van der Waals surface area contributed by atoms with E-state index in [9.17, 15) is 9.59 Å². The van der Waals surface area contributed by atoms with Crippen LogP contribution in [0.15, 0.2) is 12.2 Å². The number of hydrogen-bond acceptors (Lipinski definition) is 3. The predicted molar refractivity (Wildman–Crippen MR) is 48.1 cm³/mol. The highest BCUT2D eigenvalue weighted by Crippen LogP contribution is 1.90. The van der Waals surface area contributed by atoms with Crippen LogP contribution in [-0.4, -0.2) is 29.6 Å². The van der Waals surface area contributed by atoms with Gasteiger partial charge in [0.1, 0.15) is 6.04 Å².